The van der Waals surface area contributed by atoms with Crippen LogP contribution in [-0.2, 0) is 0 Å². The van der Waals surface area contributed by atoms with Crippen molar-refractivity contribution >= 4 is 53.1 Å². The molecule has 2 aliphatic rings. The monoisotopic (exact) mass is 576 g/mol. The summed E-state index contributed by atoms with van der Waals surface area (Å²) in [7, 11) is 0. The van der Waals surface area contributed by atoms with E-state index >= 15 is 0 Å². The van der Waals surface area contributed by atoms with Crippen LogP contribution in [0.5, 0.6) is 5.75 Å². The summed E-state index contributed by atoms with van der Waals surface area (Å²) < 4.78 is 32.2. The number of hydrogen-bond donors (Lipinski definition) is 1. The molecule has 0 aromatic heterocycles. The Hall–Kier alpha value is -2.00. The van der Waals surface area contributed by atoms with E-state index in [4.69, 9.17) is 27.9 Å². The molecule has 0 aliphatic carbocycles. The van der Waals surface area contributed by atoms with Gasteiger partial charge < -0.3 is 19.9 Å². The highest BCUT2D eigenvalue weighted by molar-refractivity contribution is 6.43. The van der Waals surface area contributed by atoms with Gasteiger partial charge in [0, 0.05) is 70.4 Å². The van der Waals surface area contributed by atoms with Gasteiger partial charge in [-0.2, -0.15) is 0 Å². The number of piperazine rings is 1. The normalized spacial score (nSPS) is 17.7. The molecule has 0 radical (unpaired) electrons. The van der Waals surface area contributed by atoms with Crippen molar-refractivity contribution in [3.63, 3.8) is 0 Å². The van der Waals surface area contributed by atoms with Crippen molar-refractivity contribution in [2.24, 2.45) is 0 Å². The van der Waals surface area contributed by atoms with Crippen LogP contribution in [0.3, 0.4) is 0 Å². The number of unbranched alkanes of at least 4 members (excludes halogenated alkanes) is 1. The molecule has 4 rings (SSSR count). The number of carbonyl (C=O) groups excluding carboxylic acids is 1. The smallest absolute Gasteiger partial charge is 0.410 e. The van der Waals surface area contributed by atoms with Crippen LogP contribution in [0.1, 0.15) is 25.7 Å². The lowest BCUT2D eigenvalue weighted by atomic mass is 10.1. The number of ether oxygens (including phenoxy) is 1. The molecular formula is C26H33Cl3F2N4O2. The third-order valence-electron chi connectivity index (χ3n) is 6.70. The standard InChI is InChI=1S/C26H32Cl2F2N4O2.ClH/c27-22-7-4-8-23(24(22)28)34-17-15-32(16-18-34)12-2-1-11-31-25(35)36-21-6-3-5-20(19-21)33-13-9-26(29,30)10-14-33;/h3-8,19H,1-2,9-18H2,(H,31,35);1H. The number of nitrogens with zero attached hydrogens (tertiary/aromatic N) is 3. The van der Waals surface area contributed by atoms with Gasteiger partial charge >= 0.3 is 6.09 Å². The Kier molecular flexibility index (Phi) is 10.9. The quantitative estimate of drug-likeness (QED) is 0.371. The van der Waals surface area contributed by atoms with E-state index in [9.17, 15) is 13.6 Å². The van der Waals surface area contributed by atoms with Crippen molar-refractivity contribution in [3.05, 3.63) is 52.5 Å². The number of rotatable bonds is 8. The minimum Gasteiger partial charge on any atom is -0.410 e. The van der Waals surface area contributed by atoms with Gasteiger partial charge in [-0.1, -0.05) is 35.3 Å². The van der Waals surface area contributed by atoms with Gasteiger partial charge in [0.2, 0.25) is 0 Å². The van der Waals surface area contributed by atoms with Gasteiger partial charge in [-0.25, -0.2) is 13.6 Å². The molecule has 0 saturated carbocycles. The second kappa shape index (κ2) is 13.7. The number of anilines is 2. The van der Waals surface area contributed by atoms with Crippen molar-refractivity contribution in [2.45, 2.75) is 31.6 Å². The lowest BCUT2D eigenvalue weighted by Gasteiger charge is -2.36. The number of piperidine rings is 1. The lowest BCUT2D eigenvalue weighted by Crippen LogP contribution is -2.46. The fraction of sp³-hybridized carbons (Fsp3) is 0.500. The minimum absolute atomic E-state index is 0. The van der Waals surface area contributed by atoms with Crippen LogP contribution >= 0.6 is 35.6 Å². The van der Waals surface area contributed by atoms with Gasteiger partial charge in [-0.3, -0.25) is 4.90 Å². The maximum absolute atomic E-state index is 13.4. The number of benzene rings is 2. The first-order valence-corrected chi connectivity index (χ1v) is 13.2. The van der Waals surface area contributed by atoms with Crippen molar-refractivity contribution in [1.82, 2.24) is 10.2 Å². The summed E-state index contributed by atoms with van der Waals surface area (Å²) in [5, 5.41) is 3.97. The number of carbonyl (C=O) groups is 1. The molecule has 2 aromatic carbocycles. The first-order valence-electron chi connectivity index (χ1n) is 12.4. The van der Waals surface area contributed by atoms with E-state index in [1.54, 1.807) is 24.3 Å². The molecule has 2 heterocycles. The van der Waals surface area contributed by atoms with Crippen molar-refractivity contribution in [1.29, 1.82) is 0 Å². The molecule has 2 fully saturated rings. The van der Waals surface area contributed by atoms with Gasteiger partial charge in [-0.15, -0.1) is 12.4 Å². The lowest BCUT2D eigenvalue weighted by molar-refractivity contribution is -0.0220. The van der Waals surface area contributed by atoms with Crippen molar-refractivity contribution in [3.8, 4) is 5.75 Å². The Balaban J connectivity index is 0.00000380. The highest BCUT2D eigenvalue weighted by atomic mass is 35.5. The number of hydrogen-bond acceptors (Lipinski definition) is 5. The second-order valence-corrected chi connectivity index (χ2v) is 10.1. The number of amides is 1. The molecule has 2 aliphatic heterocycles. The molecule has 6 nitrogen and oxygen atoms in total. The molecule has 0 bridgehead atoms. The van der Waals surface area contributed by atoms with Crippen LogP contribution in [-0.4, -0.2) is 69.3 Å². The summed E-state index contributed by atoms with van der Waals surface area (Å²) in [6, 6.07) is 12.7. The van der Waals surface area contributed by atoms with E-state index in [0.29, 0.717) is 22.3 Å². The van der Waals surface area contributed by atoms with E-state index in [-0.39, 0.29) is 38.3 Å². The Morgan fingerprint density at radius 1 is 0.946 bits per heavy atom. The molecule has 2 saturated heterocycles. The Bertz CT molecular complexity index is 1030. The van der Waals surface area contributed by atoms with E-state index in [1.165, 1.54) is 0 Å². The van der Waals surface area contributed by atoms with E-state index < -0.39 is 12.0 Å². The predicted molar refractivity (Wildman–Crippen MR) is 148 cm³/mol. The van der Waals surface area contributed by atoms with Crippen LogP contribution < -0.4 is 19.9 Å². The minimum atomic E-state index is -2.59. The average molecular weight is 578 g/mol. The van der Waals surface area contributed by atoms with Crippen molar-refractivity contribution < 1.29 is 18.3 Å². The molecule has 2 aromatic rings. The Morgan fingerprint density at radius 3 is 2.38 bits per heavy atom. The van der Waals surface area contributed by atoms with Gasteiger partial charge in [0.05, 0.1) is 15.7 Å². The molecule has 37 heavy (non-hydrogen) atoms. The Labute approximate surface area is 233 Å². The van der Waals surface area contributed by atoms with E-state index in [2.05, 4.69) is 15.1 Å². The molecule has 204 valence electrons. The maximum Gasteiger partial charge on any atom is 0.412 e. The van der Waals surface area contributed by atoms with Crippen LogP contribution in [0.25, 0.3) is 0 Å². The van der Waals surface area contributed by atoms with Crippen molar-refractivity contribution in [2.75, 3.05) is 62.2 Å². The van der Waals surface area contributed by atoms with Crippen LogP contribution in [0.2, 0.25) is 10.0 Å². The zero-order chi connectivity index (χ0) is 25.5. The van der Waals surface area contributed by atoms with Crippen LogP contribution in [0.4, 0.5) is 25.0 Å². The topological polar surface area (TPSA) is 48.1 Å². The average Bonchev–Trinajstić information content (AvgIpc) is 2.86. The largest absolute Gasteiger partial charge is 0.412 e. The zero-order valence-electron chi connectivity index (χ0n) is 20.6. The SMILES string of the molecule is Cl.O=C(NCCCCN1CCN(c2cccc(Cl)c2Cl)CC1)Oc1cccc(N2CCC(F)(F)CC2)c1. The summed E-state index contributed by atoms with van der Waals surface area (Å²) >= 11 is 12.5. The summed E-state index contributed by atoms with van der Waals surface area (Å²) in [6.45, 7) is 5.74. The Morgan fingerprint density at radius 2 is 1.65 bits per heavy atom. The molecule has 0 unspecified atom stereocenters. The number of nitrogens with one attached hydrogen (secondary N) is 1. The second-order valence-electron chi connectivity index (χ2n) is 9.27. The fourth-order valence-corrected chi connectivity index (χ4v) is 4.99. The van der Waals surface area contributed by atoms with E-state index in [1.807, 2.05) is 23.1 Å². The van der Waals surface area contributed by atoms with E-state index in [0.717, 1.165) is 56.9 Å². The number of alkyl halides is 2. The number of halogens is 5. The fourth-order valence-electron chi connectivity index (χ4n) is 4.58. The zero-order valence-corrected chi connectivity index (χ0v) is 22.9. The molecular weight excluding hydrogens is 545 g/mol. The van der Waals surface area contributed by atoms with Gasteiger partial charge in [0.1, 0.15) is 5.75 Å². The summed E-state index contributed by atoms with van der Waals surface area (Å²) in [5.41, 5.74) is 1.77. The van der Waals surface area contributed by atoms with Crippen LogP contribution in [0, 0.1) is 0 Å². The predicted octanol–water partition coefficient (Wildman–Crippen LogP) is 6.34. The summed E-state index contributed by atoms with van der Waals surface area (Å²) in [6.07, 6.45) is 0.976. The first kappa shape index (κ1) is 29.6. The summed E-state index contributed by atoms with van der Waals surface area (Å²) in [5.74, 6) is -2.19. The third-order valence-corrected chi connectivity index (χ3v) is 7.51. The molecule has 11 heteroatoms. The van der Waals surface area contributed by atoms with Gasteiger partial charge in [0.15, 0.2) is 0 Å². The molecule has 1 N–H and O–H groups in total. The maximum atomic E-state index is 13.4. The van der Waals surface area contributed by atoms with Gasteiger partial charge in [-0.05, 0) is 43.7 Å². The third kappa shape index (κ3) is 8.50. The molecule has 1 amide bonds. The highest BCUT2D eigenvalue weighted by Gasteiger charge is 2.34. The molecule has 0 atom stereocenters. The van der Waals surface area contributed by atoms with Gasteiger partial charge in [0.25, 0.3) is 5.92 Å². The molecule has 0 spiro atoms. The van der Waals surface area contributed by atoms with Crippen LogP contribution in [0.15, 0.2) is 42.5 Å². The first-order chi connectivity index (χ1) is 17.3. The summed E-state index contributed by atoms with van der Waals surface area (Å²) in [4.78, 5) is 18.8. The highest BCUT2D eigenvalue weighted by Crippen LogP contribution is 2.33.